The fourth-order valence-corrected chi connectivity index (χ4v) is 4.77. The number of methoxy groups -OCH3 is 1. The Kier molecular flexibility index (Phi) is 9.21. The number of unbranched alkanes of at least 4 members (excludes halogenated alkanes) is 1. The minimum absolute atomic E-state index is 0.149. The highest BCUT2D eigenvalue weighted by Crippen LogP contribution is 2.36. The molecular formula is C30H34N6O4. The number of ether oxygens (including phenoxy) is 1. The average molecular weight is 543 g/mol. The molecule has 0 saturated carbocycles. The standard InChI is InChI=1S/C30H34N6O4/c1-5-6-9-26(37)36(27(19(2)3)30(38)39)18-20-10-12-21(13-11-20)25-17-22(23-8-7-16-31-29(23)40-4)14-15-24(25)28-32-34-35-33-28/h7-8,10-17,19,27H,5-6,9,18H2,1-4H3,(H,38,39)(H,32,33,34,35)/t27-/m0/s1. The van der Waals surface area contributed by atoms with E-state index in [1.165, 1.54) is 4.90 Å². The predicted octanol–water partition coefficient (Wildman–Crippen LogP) is 5.23. The first-order chi connectivity index (χ1) is 19.3. The summed E-state index contributed by atoms with van der Waals surface area (Å²) in [4.78, 5) is 31.0. The fraction of sp³-hybridized carbons (Fsp3) is 0.333. The molecule has 0 spiro atoms. The van der Waals surface area contributed by atoms with E-state index in [4.69, 9.17) is 4.74 Å². The highest BCUT2D eigenvalue weighted by atomic mass is 16.5. The minimum atomic E-state index is -0.996. The lowest BCUT2D eigenvalue weighted by atomic mass is 9.93. The normalized spacial score (nSPS) is 11.8. The van der Waals surface area contributed by atoms with Crippen LogP contribution in [-0.4, -0.2) is 60.6 Å². The second-order valence-electron chi connectivity index (χ2n) is 9.91. The van der Waals surface area contributed by atoms with E-state index in [2.05, 4.69) is 25.6 Å². The van der Waals surface area contributed by atoms with Gasteiger partial charge in [0.25, 0.3) is 0 Å². The maximum Gasteiger partial charge on any atom is 0.326 e. The van der Waals surface area contributed by atoms with Crippen LogP contribution in [0.15, 0.2) is 60.8 Å². The molecule has 2 aromatic carbocycles. The lowest BCUT2D eigenvalue weighted by Gasteiger charge is -2.32. The molecule has 0 aliphatic rings. The van der Waals surface area contributed by atoms with Crippen LogP contribution in [0.25, 0.3) is 33.6 Å². The van der Waals surface area contributed by atoms with Gasteiger partial charge in [-0.15, -0.1) is 10.2 Å². The van der Waals surface area contributed by atoms with Crippen LogP contribution in [0, 0.1) is 5.92 Å². The monoisotopic (exact) mass is 542 g/mol. The fourth-order valence-electron chi connectivity index (χ4n) is 4.77. The molecule has 40 heavy (non-hydrogen) atoms. The van der Waals surface area contributed by atoms with Gasteiger partial charge in [0.05, 0.1) is 7.11 Å². The number of nitrogens with one attached hydrogen (secondary N) is 1. The number of carbonyl (C=O) groups excluding carboxylic acids is 1. The summed E-state index contributed by atoms with van der Waals surface area (Å²) in [5.74, 6) is -0.403. The Bertz CT molecular complexity index is 1440. The Morgan fingerprint density at radius 1 is 1.02 bits per heavy atom. The van der Waals surface area contributed by atoms with Gasteiger partial charge < -0.3 is 14.7 Å². The van der Waals surface area contributed by atoms with Gasteiger partial charge in [-0.05, 0) is 64.1 Å². The van der Waals surface area contributed by atoms with Crippen LogP contribution in [0.4, 0.5) is 0 Å². The number of amides is 1. The van der Waals surface area contributed by atoms with Crippen molar-refractivity contribution in [2.24, 2.45) is 5.92 Å². The number of rotatable bonds is 12. The van der Waals surface area contributed by atoms with Crippen LogP contribution in [0.5, 0.6) is 5.88 Å². The van der Waals surface area contributed by atoms with Gasteiger partial charge in [0.2, 0.25) is 17.6 Å². The number of carbonyl (C=O) groups is 2. The van der Waals surface area contributed by atoms with E-state index in [-0.39, 0.29) is 18.4 Å². The van der Waals surface area contributed by atoms with Crippen molar-refractivity contribution in [3.8, 4) is 39.5 Å². The van der Waals surface area contributed by atoms with Crippen molar-refractivity contribution in [2.75, 3.05) is 7.11 Å². The first-order valence-corrected chi connectivity index (χ1v) is 13.3. The Morgan fingerprint density at radius 3 is 2.40 bits per heavy atom. The molecule has 0 aliphatic carbocycles. The third kappa shape index (κ3) is 6.33. The summed E-state index contributed by atoms with van der Waals surface area (Å²) in [7, 11) is 1.59. The van der Waals surface area contributed by atoms with Gasteiger partial charge in [-0.3, -0.25) is 4.79 Å². The molecule has 0 fully saturated rings. The molecule has 0 saturated heterocycles. The molecule has 4 rings (SSSR count). The number of aromatic amines is 1. The van der Waals surface area contributed by atoms with Crippen molar-refractivity contribution in [3.05, 3.63) is 66.4 Å². The topological polar surface area (TPSA) is 134 Å². The zero-order valence-corrected chi connectivity index (χ0v) is 23.2. The molecule has 2 aromatic heterocycles. The molecule has 2 N–H and O–H groups in total. The van der Waals surface area contributed by atoms with Gasteiger partial charge in [0.15, 0.2) is 0 Å². The summed E-state index contributed by atoms with van der Waals surface area (Å²) >= 11 is 0. The zero-order valence-electron chi connectivity index (χ0n) is 23.2. The largest absolute Gasteiger partial charge is 0.481 e. The van der Waals surface area contributed by atoms with Gasteiger partial charge in [-0.25, -0.2) is 9.78 Å². The number of aromatic nitrogens is 5. The molecule has 10 heteroatoms. The second-order valence-corrected chi connectivity index (χ2v) is 9.91. The van der Waals surface area contributed by atoms with E-state index in [9.17, 15) is 14.7 Å². The van der Waals surface area contributed by atoms with E-state index in [0.29, 0.717) is 18.1 Å². The number of tetrazole rings is 1. The average Bonchev–Trinajstić information content (AvgIpc) is 3.50. The summed E-state index contributed by atoms with van der Waals surface area (Å²) in [6, 6.07) is 16.6. The van der Waals surface area contributed by atoms with Crippen molar-refractivity contribution in [1.29, 1.82) is 0 Å². The molecular weight excluding hydrogens is 508 g/mol. The van der Waals surface area contributed by atoms with E-state index in [1.54, 1.807) is 13.3 Å². The molecule has 208 valence electrons. The van der Waals surface area contributed by atoms with Gasteiger partial charge in [-0.2, -0.15) is 5.21 Å². The summed E-state index contributed by atoms with van der Waals surface area (Å²) in [6.07, 6.45) is 3.58. The molecule has 1 amide bonds. The molecule has 0 aliphatic heterocycles. The molecule has 0 bridgehead atoms. The number of benzene rings is 2. The summed E-state index contributed by atoms with van der Waals surface area (Å²) < 4.78 is 5.47. The van der Waals surface area contributed by atoms with E-state index in [0.717, 1.165) is 46.2 Å². The Morgan fingerprint density at radius 2 is 1.77 bits per heavy atom. The van der Waals surface area contributed by atoms with E-state index in [1.807, 2.05) is 75.4 Å². The molecule has 10 nitrogen and oxygen atoms in total. The quantitative estimate of drug-likeness (QED) is 0.248. The van der Waals surface area contributed by atoms with Gasteiger partial charge >= 0.3 is 5.97 Å². The Balaban J connectivity index is 1.71. The van der Waals surface area contributed by atoms with E-state index < -0.39 is 12.0 Å². The van der Waals surface area contributed by atoms with Crippen LogP contribution < -0.4 is 4.74 Å². The molecule has 0 radical (unpaired) electrons. The van der Waals surface area contributed by atoms with Crippen LogP contribution >= 0.6 is 0 Å². The number of hydrogen-bond acceptors (Lipinski definition) is 7. The molecule has 1 atom stereocenters. The maximum atomic E-state index is 13.1. The second kappa shape index (κ2) is 13.0. The number of H-pyrrole nitrogens is 1. The molecule has 2 heterocycles. The number of carboxylic acid groups (broad SMARTS) is 1. The maximum absolute atomic E-state index is 13.1. The summed E-state index contributed by atoms with van der Waals surface area (Å²) in [5, 5.41) is 24.5. The van der Waals surface area contributed by atoms with Crippen molar-refractivity contribution in [2.45, 2.75) is 52.6 Å². The Labute approximate surface area is 233 Å². The molecule has 4 aromatic rings. The van der Waals surface area contributed by atoms with Crippen LogP contribution in [-0.2, 0) is 16.1 Å². The first kappa shape index (κ1) is 28.4. The smallest absolute Gasteiger partial charge is 0.326 e. The third-order valence-corrected chi connectivity index (χ3v) is 6.78. The number of pyridine rings is 1. The van der Waals surface area contributed by atoms with Crippen molar-refractivity contribution >= 4 is 11.9 Å². The summed E-state index contributed by atoms with van der Waals surface area (Å²) in [5.41, 5.74) is 5.15. The number of nitrogens with zero attached hydrogens (tertiary/aromatic N) is 5. The third-order valence-electron chi connectivity index (χ3n) is 6.78. The highest BCUT2D eigenvalue weighted by molar-refractivity contribution is 5.86. The number of aliphatic carboxylic acids is 1. The number of hydrogen-bond donors (Lipinski definition) is 2. The van der Waals surface area contributed by atoms with Crippen LogP contribution in [0.1, 0.15) is 45.6 Å². The zero-order chi connectivity index (χ0) is 28.6. The summed E-state index contributed by atoms with van der Waals surface area (Å²) in [6.45, 7) is 5.87. The highest BCUT2D eigenvalue weighted by Gasteiger charge is 2.32. The van der Waals surface area contributed by atoms with Gasteiger partial charge in [0, 0.05) is 30.3 Å². The van der Waals surface area contributed by atoms with Gasteiger partial charge in [-0.1, -0.05) is 57.5 Å². The SMILES string of the molecule is CCCCC(=O)N(Cc1ccc(-c2cc(-c3cccnc3OC)ccc2-c2nn[nH]n2)cc1)[C@H](C(=O)O)C(C)C. The van der Waals surface area contributed by atoms with Crippen LogP contribution in [0.3, 0.4) is 0 Å². The van der Waals surface area contributed by atoms with Crippen molar-refractivity contribution < 1.29 is 19.4 Å². The first-order valence-electron chi connectivity index (χ1n) is 13.3. The Hall–Kier alpha value is -4.60. The van der Waals surface area contributed by atoms with E-state index >= 15 is 0 Å². The lowest BCUT2D eigenvalue weighted by Crippen LogP contribution is -2.47. The number of carboxylic acids is 1. The van der Waals surface area contributed by atoms with Crippen molar-refractivity contribution in [1.82, 2.24) is 30.5 Å². The van der Waals surface area contributed by atoms with Crippen molar-refractivity contribution in [3.63, 3.8) is 0 Å². The lowest BCUT2D eigenvalue weighted by molar-refractivity contribution is -0.153. The molecule has 0 unspecified atom stereocenters. The predicted molar refractivity (Wildman–Crippen MR) is 151 cm³/mol. The minimum Gasteiger partial charge on any atom is -0.481 e. The van der Waals surface area contributed by atoms with Gasteiger partial charge in [0.1, 0.15) is 6.04 Å². The van der Waals surface area contributed by atoms with Crippen LogP contribution in [0.2, 0.25) is 0 Å².